The summed E-state index contributed by atoms with van der Waals surface area (Å²) < 4.78 is 5.44. The van der Waals surface area contributed by atoms with Gasteiger partial charge in [-0.05, 0) is 36.6 Å². The van der Waals surface area contributed by atoms with Gasteiger partial charge in [0.15, 0.2) is 0 Å². The van der Waals surface area contributed by atoms with Crippen molar-refractivity contribution in [3.8, 4) is 5.75 Å². The molecule has 0 N–H and O–H groups in total. The summed E-state index contributed by atoms with van der Waals surface area (Å²) in [5.74, 6) is 1.86. The van der Waals surface area contributed by atoms with Crippen LogP contribution in [0.1, 0.15) is 11.1 Å². The van der Waals surface area contributed by atoms with E-state index < -0.39 is 0 Å². The minimum Gasteiger partial charge on any atom is -0.494 e. The lowest BCUT2D eigenvalue weighted by atomic mass is 10.1. The van der Waals surface area contributed by atoms with E-state index in [1.807, 2.05) is 12.1 Å². The first-order chi connectivity index (χ1) is 10.8. The van der Waals surface area contributed by atoms with E-state index in [9.17, 15) is 0 Å². The number of para-hydroxylation sites is 1. The average Bonchev–Trinajstić information content (AvgIpc) is 2.55. The first kappa shape index (κ1) is 14.9. The third-order valence-electron chi connectivity index (χ3n) is 3.69. The number of methoxy groups -OCH3 is 1. The van der Waals surface area contributed by atoms with Gasteiger partial charge in [0.1, 0.15) is 11.3 Å². The lowest BCUT2D eigenvalue weighted by molar-refractivity contribution is 0.418. The Labute approximate surface area is 135 Å². The number of benzene rings is 2. The Morgan fingerprint density at radius 3 is 2.64 bits per heavy atom. The molecule has 0 saturated heterocycles. The molecular weight excluding hydrogens is 290 g/mol. The molecule has 3 aromatic rings. The van der Waals surface area contributed by atoms with E-state index in [-0.39, 0.29) is 0 Å². The van der Waals surface area contributed by atoms with E-state index in [2.05, 4.69) is 49.4 Å². The van der Waals surface area contributed by atoms with Gasteiger partial charge in [-0.15, -0.1) is 11.8 Å². The van der Waals surface area contributed by atoms with Gasteiger partial charge in [0.2, 0.25) is 0 Å². The molecule has 3 rings (SSSR count). The molecule has 1 aromatic heterocycles. The van der Waals surface area contributed by atoms with Crippen LogP contribution in [0.4, 0.5) is 0 Å². The van der Waals surface area contributed by atoms with Crippen LogP contribution in [0.25, 0.3) is 10.9 Å². The van der Waals surface area contributed by atoms with Gasteiger partial charge < -0.3 is 4.74 Å². The van der Waals surface area contributed by atoms with Gasteiger partial charge >= 0.3 is 0 Å². The van der Waals surface area contributed by atoms with Crippen molar-refractivity contribution in [2.24, 2.45) is 0 Å². The molecular formula is C19H19NOS. The number of fused-ring (bicyclic) bond motifs is 1. The molecule has 0 radical (unpaired) electrons. The lowest BCUT2D eigenvalue weighted by Crippen LogP contribution is -1.93. The quantitative estimate of drug-likeness (QED) is 0.627. The van der Waals surface area contributed by atoms with Gasteiger partial charge in [0.05, 0.1) is 12.1 Å². The zero-order valence-electron chi connectivity index (χ0n) is 12.9. The molecule has 0 spiro atoms. The van der Waals surface area contributed by atoms with Crippen molar-refractivity contribution in [3.05, 3.63) is 65.7 Å². The monoisotopic (exact) mass is 309 g/mol. The highest BCUT2D eigenvalue weighted by atomic mass is 32.2. The van der Waals surface area contributed by atoms with Crippen molar-refractivity contribution in [1.82, 2.24) is 4.98 Å². The molecule has 2 aromatic carbocycles. The third kappa shape index (κ3) is 3.25. The number of hydrogen-bond acceptors (Lipinski definition) is 3. The summed E-state index contributed by atoms with van der Waals surface area (Å²) in [5, 5.41) is 2.22. The summed E-state index contributed by atoms with van der Waals surface area (Å²) in [7, 11) is 1.70. The second kappa shape index (κ2) is 6.84. The minimum absolute atomic E-state index is 0.839. The molecule has 0 unspecified atom stereocenters. The number of hydrogen-bond donors (Lipinski definition) is 0. The maximum absolute atomic E-state index is 5.44. The highest BCUT2D eigenvalue weighted by Crippen LogP contribution is 2.29. The Bertz CT molecular complexity index is 771. The molecule has 3 heteroatoms. The number of ether oxygens (including phenoxy) is 1. The van der Waals surface area contributed by atoms with Crippen LogP contribution in [0.5, 0.6) is 5.75 Å². The summed E-state index contributed by atoms with van der Waals surface area (Å²) in [6, 6.07) is 18.8. The summed E-state index contributed by atoms with van der Waals surface area (Å²) in [6.45, 7) is 2.13. The molecule has 0 saturated carbocycles. The largest absolute Gasteiger partial charge is 0.494 e. The predicted octanol–water partition coefficient (Wildman–Crippen LogP) is 4.89. The zero-order valence-corrected chi connectivity index (χ0v) is 13.7. The molecule has 0 aliphatic heterocycles. The van der Waals surface area contributed by atoms with E-state index >= 15 is 0 Å². The average molecular weight is 309 g/mol. The van der Waals surface area contributed by atoms with Crippen LogP contribution in [-0.2, 0) is 6.42 Å². The summed E-state index contributed by atoms with van der Waals surface area (Å²) in [5.41, 5.74) is 3.56. The van der Waals surface area contributed by atoms with Gasteiger partial charge in [-0.3, -0.25) is 0 Å². The Morgan fingerprint density at radius 1 is 1.05 bits per heavy atom. The molecule has 112 valence electrons. The Balaban J connectivity index is 1.79. The fraction of sp³-hybridized carbons (Fsp3) is 0.211. The van der Waals surface area contributed by atoms with Crippen LogP contribution < -0.4 is 4.74 Å². The molecule has 22 heavy (non-hydrogen) atoms. The summed E-state index contributed by atoms with van der Waals surface area (Å²) in [4.78, 5) is 4.78. The highest BCUT2D eigenvalue weighted by Gasteiger charge is 2.08. The van der Waals surface area contributed by atoms with Crippen molar-refractivity contribution in [3.63, 3.8) is 0 Å². The van der Waals surface area contributed by atoms with Gasteiger partial charge in [-0.1, -0.05) is 42.5 Å². The minimum atomic E-state index is 0.839. The predicted molar refractivity (Wildman–Crippen MR) is 93.9 cm³/mol. The van der Waals surface area contributed by atoms with Gasteiger partial charge in [-0.2, -0.15) is 0 Å². The van der Waals surface area contributed by atoms with E-state index in [1.165, 1.54) is 11.1 Å². The number of aromatic nitrogens is 1. The van der Waals surface area contributed by atoms with Crippen LogP contribution >= 0.6 is 11.8 Å². The zero-order chi connectivity index (χ0) is 15.4. The van der Waals surface area contributed by atoms with Gasteiger partial charge in [0.25, 0.3) is 0 Å². The van der Waals surface area contributed by atoms with Crippen molar-refractivity contribution >= 4 is 22.7 Å². The Morgan fingerprint density at radius 2 is 1.86 bits per heavy atom. The standard InChI is InChI=1S/C19H19NOS/c1-14-13-18(22-12-11-15-7-4-3-5-8-15)20-19-16(14)9-6-10-17(19)21-2/h3-10,13H,11-12H2,1-2H3. The fourth-order valence-electron chi connectivity index (χ4n) is 2.52. The maximum Gasteiger partial charge on any atom is 0.145 e. The van der Waals surface area contributed by atoms with Crippen LogP contribution in [-0.4, -0.2) is 17.8 Å². The molecule has 0 atom stereocenters. The first-order valence-electron chi connectivity index (χ1n) is 7.39. The van der Waals surface area contributed by atoms with Crippen LogP contribution in [0, 0.1) is 6.92 Å². The van der Waals surface area contributed by atoms with Crippen molar-refractivity contribution in [2.75, 3.05) is 12.9 Å². The Hall–Kier alpha value is -2.00. The SMILES string of the molecule is COc1cccc2c(C)cc(SCCc3ccccc3)nc12. The normalized spacial score (nSPS) is 10.8. The smallest absolute Gasteiger partial charge is 0.145 e. The van der Waals surface area contributed by atoms with Crippen molar-refractivity contribution < 1.29 is 4.74 Å². The van der Waals surface area contributed by atoms with Crippen LogP contribution in [0.2, 0.25) is 0 Å². The van der Waals surface area contributed by atoms with Gasteiger partial charge in [0, 0.05) is 11.1 Å². The number of pyridine rings is 1. The van der Waals surface area contributed by atoms with Crippen LogP contribution in [0.3, 0.4) is 0 Å². The van der Waals surface area contributed by atoms with Crippen molar-refractivity contribution in [2.45, 2.75) is 18.4 Å². The number of nitrogens with zero attached hydrogens (tertiary/aromatic N) is 1. The topological polar surface area (TPSA) is 22.1 Å². The highest BCUT2D eigenvalue weighted by molar-refractivity contribution is 7.99. The van der Waals surface area contributed by atoms with Gasteiger partial charge in [-0.25, -0.2) is 4.98 Å². The van der Waals surface area contributed by atoms with Crippen molar-refractivity contribution in [1.29, 1.82) is 0 Å². The second-order valence-electron chi connectivity index (χ2n) is 5.22. The molecule has 0 bridgehead atoms. The number of thioether (sulfide) groups is 1. The fourth-order valence-corrected chi connectivity index (χ4v) is 3.48. The summed E-state index contributed by atoms with van der Waals surface area (Å²) >= 11 is 1.80. The molecule has 0 aliphatic rings. The Kier molecular flexibility index (Phi) is 4.64. The first-order valence-corrected chi connectivity index (χ1v) is 8.37. The number of aryl methyl sites for hydroxylation is 2. The maximum atomic E-state index is 5.44. The second-order valence-corrected chi connectivity index (χ2v) is 6.33. The lowest BCUT2D eigenvalue weighted by Gasteiger charge is -2.09. The van der Waals surface area contributed by atoms with E-state index in [0.717, 1.165) is 33.9 Å². The third-order valence-corrected chi connectivity index (χ3v) is 4.60. The molecule has 0 aliphatic carbocycles. The van der Waals surface area contributed by atoms with E-state index in [1.54, 1.807) is 18.9 Å². The molecule has 1 heterocycles. The van der Waals surface area contributed by atoms with E-state index in [0.29, 0.717) is 0 Å². The van der Waals surface area contributed by atoms with E-state index in [4.69, 9.17) is 9.72 Å². The summed E-state index contributed by atoms with van der Waals surface area (Å²) in [6.07, 6.45) is 1.05. The molecule has 2 nitrogen and oxygen atoms in total. The molecule has 0 amide bonds. The molecule has 0 fully saturated rings. The number of rotatable bonds is 5. The van der Waals surface area contributed by atoms with Crippen LogP contribution in [0.15, 0.2) is 59.6 Å².